The van der Waals surface area contributed by atoms with Gasteiger partial charge in [0.05, 0.1) is 17.0 Å². The summed E-state index contributed by atoms with van der Waals surface area (Å²) in [5, 5.41) is 18.6. The molecule has 0 aliphatic carbocycles. The minimum atomic E-state index is -1.29. The van der Waals surface area contributed by atoms with Crippen molar-refractivity contribution in [3.05, 3.63) is 68.7 Å². The number of pyridine rings is 2. The summed E-state index contributed by atoms with van der Waals surface area (Å²) < 4.78 is 14.3. The summed E-state index contributed by atoms with van der Waals surface area (Å²) in [7, 11) is 3.63. The van der Waals surface area contributed by atoms with Gasteiger partial charge in [-0.3, -0.25) is 4.79 Å². The van der Waals surface area contributed by atoms with Crippen molar-refractivity contribution in [2.75, 3.05) is 25.6 Å². The molecule has 0 bridgehead atoms. The molecular weight excluding hydrogens is 485 g/mol. The first-order chi connectivity index (χ1) is 16.9. The number of carboxylic acid groups (broad SMARTS) is 1. The Labute approximate surface area is 218 Å². The van der Waals surface area contributed by atoms with Gasteiger partial charge in [-0.1, -0.05) is 65.3 Å². The first-order valence-corrected chi connectivity index (χ1v) is 12.3. The minimum Gasteiger partial charge on any atom is -0.477 e. The number of carboxylic acids is 1. The highest BCUT2D eigenvalue weighted by molar-refractivity contribution is 6.30. The molecule has 0 aliphatic rings. The molecule has 0 aliphatic heterocycles. The van der Waals surface area contributed by atoms with Crippen molar-refractivity contribution in [1.82, 2.24) is 9.55 Å². The molecule has 1 aromatic carbocycles. The Morgan fingerprint density at radius 1 is 1.17 bits per heavy atom. The SMILES string of the molecule is CC.CC(C)C.CCc1cccc(Cl)c1F.CN(C)c1ccc2c(=O)c(C(=O)O)cn(CCO)c2n1. The van der Waals surface area contributed by atoms with Crippen LogP contribution in [0.25, 0.3) is 11.0 Å². The molecule has 200 valence electrons. The molecular formula is C27H39ClFN3O4. The standard InChI is InChI=1S/C13H15N3O4.C8H8ClF.C4H10.C2H6/c1-15(2)10-4-3-8-11(18)9(13(19)20)7-16(5-6-17)12(8)14-10;1-2-6-4-3-5-7(9)8(6)10;1-4(2)3;1-2/h3-4,7,17H,5-6H2,1-2H3,(H,19,20);3-5H,2H2,1H3;4H,1-3H3;1-2H3. The number of nitrogens with zero attached hydrogens (tertiary/aromatic N) is 3. The maximum atomic E-state index is 12.9. The first-order valence-electron chi connectivity index (χ1n) is 11.9. The molecule has 0 saturated heterocycles. The lowest BCUT2D eigenvalue weighted by Crippen LogP contribution is -2.21. The molecule has 0 spiro atoms. The Morgan fingerprint density at radius 3 is 2.19 bits per heavy atom. The molecule has 9 heteroatoms. The summed E-state index contributed by atoms with van der Waals surface area (Å²) in [6.07, 6.45) is 1.90. The van der Waals surface area contributed by atoms with Gasteiger partial charge < -0.3 is 19.7 Å². The highest BCUT2D eigenvalue weighted by Crippen LogP contribution is 2.18. The highest BCUT2D eigenvalue weighted by atomic mass is 35.5. The second-order valence-corrected chi connectivity index (χ2v) is 8.73. The molecule has 2 N–H and O–H groups in total. The predicted molar refractivity (Wildman–Crippen MR) is 147 cm³/mol. The third-order valence-electron chi connectivity index (χ3n) is 4.35. The summed E-state index contributed by atoms with van der Waals surface area (Å²) in [6.45, 7) is 12.4. The van der Waals surface area contributed by atoms with Crippen molar-refractivity contribution >= 4 is 34.4 Å². The average Bonchev–Trinajstić information content (AvgIpc) is 2.83. The maximum absolute atomic E-state index is 12.9. The van der Waals surface area contributed by atoms with Gasteiger partial charge in [0, 0.05) is 26.8 Å². The number of aromatic carboxylic acids is 1. The van der Waals surface area contributed by atoms with E-state index in [0.29, 0.717) is 23.4 Å². The van der Waals surface area contributed by atoms with E-state index < -0.39 is 11.4 Å². The average molecular weight is 524 g/mol. The zero-order valence-electron chi connectivity index (χ0n) is 22.5. The third-order valence-corrected chi connectivity index (χ3v) is 4.64. The number of aromatic nitrogens is 2. The Morgan fingerprint density at radius 2 is 1.75 bits per heavy atom. The van der Waals surface area contributed by atoms with E-state index in [1.807, 2.05) is 34.9 Å². The lowest BCUT2D eigenvalue weighted by Gasteiger charge is -2.15. The summed E-state index contributed by atoms with van der Waals surface area (Å²) >= 11 is 5.52. The number of halogens is 2. The second-order valence-electron chi connectivity index (χ2n) is 8.33. The molecule has 0 unspecified atom stereocenters. The van der Waals surface area contributed by atoms with Crippen LogP contribution in [0.5, 0.6) is 0 Å². The fourth-order valence-corrected chi connectivity index (χ4v) is 2.95. The first kappa shape index (κ1) is 33.0. The number of hydrogen-bond acceptors (Lipinski definition) is 5. The van der Waals surface area contributed by atoms with Crippen molar-refractivity contribution in [1.29, 1.82) is 0 Å². The van der Waals surface area contributed by atoms with Crippen LogP contribution in [0.1, 0.15) is 57.5 Å². The van der Waals surface area contributed by atoms with E-state index in [1.54, 1.807) is 35.2 Å². The van der Waals surface area contributed by atoms with Gasteiger partial charge in [0.25, 0.3) is 0 Å². The van der Waals surface area contributed by atoms with E-state index in [1.165, 1.54) is 10.8 Å². The van der Waals surface area contributed by atoms with Gasteiger partial charge in [-0.25, -0.2) is 14.2 Å². The van der Waals surface area contributed by atoms with Crippen molar-refractivity contribution in [3.8, 4) is 0 Å². The number of carbonyl (C=O) groups is 1. The van der Waals surface area contributed by atoms with Crippen LogP contribution in [-0.2, 0) is 13.0 Å². The predicted octanol–water partition coefficient (Wildman–Crippen LogP) is 5.88. The van der Waals surface area contributed by atoms with Crippen molar-refractivity contribution in [2.24, 2.45) is 5.92 Å². The van der Waals surface area contributed by atoms with Gasteiger partial charge in [-0.05, 0) is 36.1 Å². The lowest BCUT2D eigenvalue weighted by molar-refractivity contribution is 0.0694. The largest absolute Gasteiger partial charge is 0.477 e. The molecule has 0 saturated carbocycles. The van der Waals surface area contributed by atoms with Crippen molar-refractivity contribution < 1.29 is 19.4 Å². The van der Waals surface area contributed by atoms with E-state index in [-0.39, 0.29) is 34.9 Å². The molecule has 2 heterocycles. The van der Waals surface area contributed by atoms with Gasteiger partial charge in [-0.2, -0.15) is 0 Å². The van der Waals surface area contributed by atoms with Crippen LogP contribution >= 0.6 is 11.6 Å². The number of aliphatic hydroxyl groups excluding tert-OH is 1. The Balaban J connectivity index is 0.000000637. The lowest BCUT2D eigenvalue weighted by atomic mass is 10.2. The molecule has 3 aromatic rings. The fraction of sp³-hybridized carbons (Fsp3) is 0.444. The molecule has 7 nitrogen and oxygen atoms in total. The Bertz CT molecular complexity index is 1160. The van der Waals surface area contributed by atoms with E-state index in [2.05, 4.69) is 25.8 Å². The van der Waals surface area contributed by atoms with Crippen LogP contribution in [0.4, 0.5) is 10.2 Å². The second kappa shape index (κ2) is 16.7. The Hall–Kier alpha value is -2.97. The molecule has 0 amide bonds. The number of aliphatic hydroxyl groups is 1. The van der Waals surface area contributed by atoms with Crippen LogP contribution in [0.2, 0.25) is 5.02 Å². The number of anilines is 1. The zero-order chi connectivity index (χ0) is 28.0. The molecule has 0 radical (unpaired) electrons. The van der Waals surface area contributed by atoms with Gasteiger partial charge in [0.2, 0.25) is 5.43 Å². The van der Waals surface area contributed by atoms with Gasteiger partial charge >= 0.3 is 5.97 Å². The van der Waals surface area contributed by atoms with E-state index >= 15 is 0 Å². The van der Waals surface area contributed by atoms with Gasteiger partial charge in [0.15, 0.2) is 0 Å². The quantitative estimate of drug-likeness (QED) is 0.433. The minimum absolute atomic E-state index is 0.168. The maximum Gasteiger partial charge on any atom is 0.341 e. The molecule has 0 fully saturated rings. The summed E-state index contributed by atoms with van der Waals surface area (Å²) in [5.74, 6) is -0.0985. The molecule has 0 atom stereocenters. The van der Waals surface area contributed by atoms with E-state index in [4.69, 9.17) is 21.8 Å². The fourth-order valence-electron chi connectivity index (χ4n) is 2.76. The van der Waals surface area contributed by atoms with Gasteiger partial charge in [-0.15, -0.1) is 0 Å². The normalized spacial score (nSPS) is 9.89. The highest BCUT2D eigenvalue weighted by Gasteiger charge is 2.16. The zero-order valence-corrected chi connectivity index (χ0v) is 23.2. The van der Waals surface area contributed by atoms with Crippen molar-refractivity contribution in [3.63, 3.8) is 0 Å². The molecule has 3 rings (SSSR count). The van der Waals surface area contributed by atoms with Gasteiger partial charge in [0.1, 0.15) is 22.8 Å². The summed E-state index contributed by atoms with van der Waals surface area (Å²) in [5.41, 5.74) is 0.137. The summed E-state index contributed by atoms with van der Waals surface area (Å²) in [6, 6.07) is 8.25. The number of benzene rings is 1. The topological polar surface area (TPSA) is 95.7 Å². The number of aryl methyl sites for hydroxylation is 1. The van der Waals surface area contributed by atoms with Crippen LogP contribution in [0.15, 0.2) is 41.3 Å². The third kappa shape index (κ3) is 9.95. The van der Waals surface area contributed by atoms with E-state index in [9.17, 15) is 14.0 Å². The number of fused-ring (bicyclic) bond motifs is 1. The smallest absolute Gasteiger partial charge is 0.341 e. The summed E-state index contributed by atoms with van der Waals surface area (Å²) in [4.78, 5) is 29.3. The van der Waals surface area contributed by atoms with Crippen LogP contribution in [-0.4, -0.2) is 46.4 Å². The number of hydrogen-bond donors (Lipinski definition) is 2. The molecule has 2 aromatic heterocycles. The number of rotatable bonds is 5. The van der Waals surface area contributed by atoms with Crippen LogP contribution in [0, 0.1) is 11.7 Å². The van der Waals surface area contributed by atoms with Crippen molar-refractivity contribution in [2.45, 2.75) is 54.5 Å². The van der Waals surface area contributed by atoms with Crippen LogP contribution < -0.4 is 10.3 Å². The van der Waals surface area contributed by atoms with Crippen LogP contribution in [0.3, 0.4) is 0 Å². The molecule has 36 heavy (non-hydrogen) atoms. The van der Waals surface area contributed by atoms with E-state index in [0.717, 1.165) is 5.92 Å². The monoisotopic (exact) mass is 523 g/mol. The Kier molecular flexibility index (Phi) is 15.3.